The van der Waals surface area contributed by atoms with Crippen LogP contribution < -0.4 is 10.3 Å². The molecule has 2 aromatic heterocycles. The maximum atomic E-state index is 12.7. The number of nitrogens with zero attached hydrogens (tertiary/aromatic N) is 2. The van der Waals surface area contributed by atoms with Crippen LogP contribution in [0.1, 0.15) is 22.8 Å². The number of aromatic nitrogens is 2. The fourth-order valence-corrected chi connectivity index (χ4v) is 3.32. The second-order valence-corrected chi connectivity index (χ2v) is 6.32. The van der Waals surface area contributed by atoms with Crippen molar-refractivity contribution in [2.75, 3.05) is 13.2 Å². The number of ether oxygens (including phenoxy) is 2. The number of carbonyl (C=O) groups excluding carboxylic acids is 1. The molecule has 2 heterocycles. The zero-order chi connectivity index (χ0) is 17.8. The smallest absolute Gasteiger partial charge is 0.339 e. The lowest BCUT2D eigenvalue weighted by atomic mass is 10.2. The molecule has 1 aromatic carbocycles. The summed E-state index contributed by atoms with van der Waals surface area (Å²) in [6.45, 7) is 4.65. The highest BCUT2D eigenvalue weighted by Gasteiger charge is 2.18. The third-order valence-electron chi connectivity index (χ3n) is 3.65. The summed E-state index contributed by atoms with van der Waals surface area (Å²) < 4.78 is 12.1. The Bertz CT molecular complexity index is 961. The summed E-state index contributed by atoms with van der Waals surface area (Å²) in [5, 5.41) is 1.92. The van der Waals surface area contributed by atoms with Crippen molar-refractivity contribution in [3.05, 3.63) is 57.5 Å². The maximum absolute atomic E-state index is 12.7. The minimum atomic E-state index is -0.499. The van der Waals surface area contributed by atoms with E-state index >= 15 is 0 Å². The molecule has 25 heavy (non-hydrogen) atoms. The van der Waals surface area contributed by atoms with Crippen LogP contribution in [0, 0.1) is 6.92 Å². The second-order valence-electron chi connectivity index (χ2n) is 5.46. The van der Waals surface area contributed by atoms with Gasteiger partial charge in [0.2, 0.25) is 0 Å². The highest BCUT2D eigenvalue weighted by atomic mass is 32.1. The van der Waals surface area contributed by atoms with Gasteiger partial charge in [0.25, 0.3) is 5.56 Å². The van der Waals surface area contributed by atoms with Crippen LogP contribution in [0.15, 0.2) is 40.8 Å². The molecule has 0 aliphatic rings. The number of hydrogen-bond donors (Lipinski definition) is 0. The first-order chi connectivity index (χ1) is 12.1. The summed E-state index contributed by atoms with van der Waals surface area (Å²) in [6.07, 6.45) is 1.48. The molecule has 0 atom stereocenters. The molecule has 0 saturated heterocycles. The lowest BCUT2D eigenvalue weighted by Gasteiger charge is -2.09. The van der Waals surface area contributed by atoms with Crippen LogP contribution in [0.3, 0.4) is 0 Å². The molecule has 0 aliphatic heterocycles. The number of aryl methyl sites for hydroxylation is 1. The Morgan fingerprint density at radius 2 is 2.20 bits per heavy atom. The summed E-state index contributed by atoms with van der Waals surface area (Å²) in [5.74, 6) is 0.256. The number of esters is 1. The summed E-state index contributed by atoms with van der Waals surface area (Å²) in [6, 6.07) is 7.71. The first-order valence-corrected chi connectivity index (χ1v) is 8.81. The fourth-order valence-electron chi connectivity index (χ4n) is 2.45. The van der Waals surface area contributed by atoms with Crippen molar-refractivity contribution in [2.24, 2.45) is 0 Å². The number of fused-ring (bicyclic) bond motifs is 1. The van der Waals surface area contributed by atoms with E-state index in [-0.39, 0.29) is 17.7 Å². The van der Waals surface area contributed by atoms with Crippen LogP contribution in [0.25, 0.3) is 10.2 Å². The van der Waals surface area contributed by atoms with Crippen molar-refractivity contribution in [3.63, 3.8) is 0 Å². The lowest BCUT2D eigenvalue weighted by Crippen LogP contribution is -2.24. The van der Waals surface area contributed by atoms with E-state index in [0.29, 0.717) is 23.4 Å². The molecule has 7 heteroatoms. The largest absolute Gasteiger partial charge is 0.492 e. The summed E-state index contributed by atoms with van der Waals surface area (Å²) in [4.78, 5) is 29.5. The maximum Gasteiger partial charge on any atom is 0.339 e. The minimum Gasteiger partial charge on any atom is -0.492 e. The predicted molar refractivity (Wildman–Crippen MR) is 96.5 cm³/mol. The average molecular weight is 358 g/mol. The molecule has 6 nitrogen and oxygen atoms in total. The molecule has 0 aliphatic carbocycles. The summed E-state index contributed by atoms with van der Waals surface area (Å²) >= 11 is 1.26. The number of rotatable bonds is 6. The van der Waals surface area contributed by atoms with Gasteiger partial charge in [-0.25, -0.2) is 9.78 Å². The van der Waals surface area contributed by atoms with E-state index in [9.17, 15) is 9.59 Å². The number of thiophene rings is 1. The van der Waals surface area contributed by atoms with Gasteiger partial charge in [-0.15, -0.1) is 11.3 Å². The van der Waals surface area contributed by atoms with Gasteiger partial charge in [-0.2, -0.15) is 0 Å². The van der Waals surface area contributed by atoms with Gasteiger partial charge >= 0.3 is 5.97 Å². The van der Waals surface area contributed by atoms with Gasteiger partial charge in [-0.3, -0.25) is 9.36 Å². The van der Waals surface area contributed by atoms with Crippen LogP contribution in [0.2, 0.25) is 0 Å². The molecule has 0 unspecified atom stereocenters. The monoisotopic (exact) mass is 358 g/mol. The topological polar surface area (TPSA) is 70.4 Å². The second kappa shape index (κ2) is 7.48. The van der Waals surface area contributed by atoms with E-state index < -0.39 is 5.97 Å². The van der Waals surface area contributed by atoms with E-state index in [0.717, 1.165) is 11.3 Å². The number of benzene rings is 1. The van der Waals surface area contributed by atoms with Crippen molar-refractivity contribution in [3.8, 4) is 5.75 Å². The Morgan fingerprint density at radius 1 is 1.36 bits per heavy atom. The zero-order valence-corrected chi connectivity index (χ0v) is 14.8. The van der Waals surface area contributed by atoms with Crippen LogP contribution in [-0.2, 0) is 11.3 Å². The van der Waals surface area contributed by atoms with Crippen molar-refractivity contribution in [1.29, 1.82) is 0 Å². The normalized spacial score (nSPS) is 10.8. The van der Waals surface area contributed by atoms with E-state index in [1.807, 2.05) is 31.2 Å². The van der Waals surface area contributed by atoms with Gasteiger partial charge in [0, 0.05) is 5.38 Å². The fraction of sp³-hybridized carbons (Fsp3) is 0.278. The molecule has 130 valence electrons. The van der Waals surface area contributed by atoms with Crippen molar-refractivity contribution >= 4 is 27.5 Å². The number of hydrogen-bond acceptors (Lipinski definition) is 6. The molecule has 0 amide bonds. The van der Waals surface area contributed by atoms with Gasteiger partial charge in [0.1, 0.15) is 17.2 Å². The predicted octanol–water partition coefficient (Wildman–Crippen LogP) is 3.02. The van der Waals surface area contributed by atoms with E-state index in [1.54, 1.807) is 12.3 Å². The molecule has 0 spiro atoms. The third kappa shape index (κ3) is 3.71. The molecule has 0 N–H and O–H groups in total. The van der Waals surface area contributed by atoms with Gasteiger partial charge in [0.05, 0.1) is 30.4 Å². The lowest BCUT2D eigenvalue weighted by molar-refractivity contribution is 0.0529. The first-order valence-electron chi connectivity index (χ1n) is 7.93. The Hall–Kier alpha value is -2.67. The molecule has 3 rings (SSSR count). The standard InChI is InChI=1S/C18H18N2O4S/c1-3-23-18(22)14-10-25-16-15(14)17(21)20(11-19-16)7-8-24-13-6-4-5-12(2)9-13/h4-6,9-11H,3,7-8H2,1-2H3. The van der Waals surface area contributed by atoms with Crippen molar-refractivity contribution in [1.82, 2.24) is 9.55 Å². The van der Waals surface area contributed by atoms with Gasteiger partial charge in [0.15, 0.2) is 0 Å². The molecular weight excluding hydrogens is 340 g/mol. The third-order valence-corrected chi connectivity index (χ3v) is 4.53. The zero-order valence-electron chi connectivity index (χ0n) is 14.0. The Morgan fingerprint density at radius 3 is 2.96 bits per heavy atom. The highest BCUT2D eigenvalue weighted by molar-refractivity contribution is 7.17. The summed E-state index contributed by atoms with van der Waals surface area (Å²) in [5.41, 5.74) is 1.12. The Labute approximate surface area is 148 Å². The van der Waals surface area contributed by atoms with Crippen molar-refractivity contribution < 1.29 is 14.3 Å². The molecule has 0 bridgehead atoms. The van der Waals surface area contributed by atoms with Gasteiger partial charge in [-0.05, 0) is 31.5 Å². The molecule has 0 radical (unpaired) electrons. The highest BCUT2D eigenvalue weighted by Crippen LogP contribution is 2.21. The van der Waals surface area contributed by atoms with Crippen LogP contribution in [0.5, 0.6) is 5.75 Å². The van der Waals surface area contributed by atoms with Gasteiger partial charge in [-0.1, -0.05) is 12.1 Å². The average Bonchev–Trinajstić information content (AvgIpc) is 3.02. The Balaban J connectivity index is 1.80. The van der Waals surface area contributed by atoms with E-state index in [2.05, 4.69) is 4.98 Å². The van der Waals surface area contributed by atoms with Crippen LogP contribution in [0.4, 0.5) is 0 Å². The molecule has 3 aromatic rings. The van der Waals surface area contributed by atoms with E-state index in [4.69, 9.17) is 9.47 Å². The summed E-state index contributed by atoms with van der Waals surface area (Å²) in [7, 11) is 0. The van der Waals surface area contributed by atoms with Crippen molar-refractivity contribution in [2.45, 2.75) is 20.4 Å². The van der Waals surface area contributed by atoms with E-state index in [1.165, 1.54) is 22.2 Å². The molecule has 0 saturated carbocycles. The Kier molecular flexibility index (Phi) is 5.14. The van der Waals surface area contributed by atoms with Crippen LogP contribution in [-0.4, -0.2) is 28.7 Å². The van der Waals surface area contributed by atoms with Crippen LogP contribution >= 0.6 is 11.3 Å². The first kappa shape index (κ1) is 17.2. The molecular formula is C18H18N2O4S. The molecule has 0 fully saturated rings. The quantitative estimate of drug-likeness (QED) is 0.634. The number of carbonyl (C=O) groups is 1. The SMILES string of the molecule is CCOC(=O)c1csc2ncn(CCOc3cccc(C)c3)c(=O)c12. The van der Waals surface area contributed by atoms with Gasteiger partial charge < -0.3 is 9.47 Å². The minimum absolute atomic E-state index is 0.259.